The lowest BCUT2D eigenvalue weighted by atomic mass is 10.3. The molecule has 0 aliphatic carbocycles. The van der Waals surface area contributed by atoms with E-state index in [1.54, 1.807) is 18.2 Å². The summed E-state index contributed by atoms with van der Waals surface area (Å²) in [5.41, 5.74) is 6.37. The second kappa shape index (κ2) is 5.08. The minimum atomic E-state index is 0.231. The van der Waals surface area contributed by atoms with Gasteiger partial charge in [-0.1, -0.05) is 23.2 Å². The summed E-state index contributed by atoms with van der Waals surface area (Å²) in [4.78, 5) is 7.79. The highest BCUT2D eigenvalue weighted by Gasteiger charge is 2.08. The summed E-state index contributed by atoms with van der Waals surface area (Å²) in [6.45, 7) is 0. The van der Waals surface area contributed by atoms with Gasteiger partial charge in [0.25, 0.3) is 0 Å². The zero-order chi connectivity index (χ0) is 12.4. The molecular formula is C10H7BrCl2N4. The van der Waals surface area contributed by atoms with Gasteiger partial charge in [0.1, 0.15) is 17.2 Å². The maximum Gasteiger partial charge on any atom is 0.154 e. The Labute approximate surface area is 116 Å². The van der Waals surface area contributed by atoms with E-state index >= 15 is 0 Å². The number of rotatable bonds is 2. The van der Waals surface area contributed by atoms with Crippen molar-refractivity contribution in [2.24, 2.45) is 0 Å². The van der Waals surface area contributed by atoms with E-state index in [-0.39, 0.29) is 10.8 Å². The molecule has 0 saturated carbocycles. The minimum absolute atomic E-state index is 0.231. The van der Waals surface area contributed by atoms with Crippen LogP contribution in [0.5, 0.6) is 0 Å². The molecule has 0 unspecified atom stereocenters. The third-order valence-electron chi connectivity index (χ3n) is 2.00. The molecule has 0 atom stereocenters. The summed E-state index contributed by atoms with van der Waals surface area (Å²) in [6, 6.07) is 5.33. The highest BCUT2D eigenvalue weighted by Crippen LogP contribution is 2.31. The molecule has 0 fully saturated rings. The van der Waals surface area contributed by atoms with Crippen molar-refractivity contribution < 1.29 is 0 Å². The smallest absolute Gasteiger partial charge is 0.154 e. The highest BCUT2D eigenvalue weighted by atomic mass is 79.9. The van der Waals surface area contributed by atoms with Crippen molar-refractivity contribution >= 4 is 56.5 Å². The van der Waals surface area contributed by atoms with Crippen molar-refractivity contribution in [2.75, 3.05) is 11.1 Å². The van der Waals surface area contributed by atoms with E-state index in [1.165, 1.54) is 6.33 Å². The van der Waals surface area contributed by atoms with Crippen LogP contribution >= 0.6 is 39.1 Å². The van der Waals surface area contributed by atoms with Crippen LogP contribution in [-0.2, 0) is 0 Å². The molecule has 7 heteroatoms. The number of hydrogen-bond acceptors (Lipinski definition) is 4. The molecule has 1 aromatic carbocycles. The number of hydrogen-bond donors (Lipinski definition) is 2. The van der Waals surface area contributed by atoms with E-state index in [0.29, 0.717) is 10.8 Å². The molecule has 2 rings (SSSR count). The highest BCUT2D eigenvalue weighted by molar-refractivity contribution is 9.10. The second-order valence-electron chi connectivity index (χ2n) is 3.17. The number of nitrogens with one attached hydrogen (secondary N) is 1. The average Bonchev–Trinajstić information content (AvgIpc) is 2.28. The molecule has 1 heterocycles. The van der Waals surface area contributed by atoms with Gasteiger partial charge in [-0.15, -0.1) is 0 Å². The number of aromatic nitrogens is 2. The second-order valence-corrected chi connectivity index (χ2v) is 4.84. The van der Waals surface area contributed by atoms with Crippen molar-refractivity contribution in [1.82, 2.24) is 9.97 Å². The van der Waals surface area contributed by atoms with E-state index in [1.807, 2.05) is 0 Å². The van der Waals surface area contributed by atoms with Gasteiger partial charge in [0.15, 0.2) is 5.82 Å². The van der Waals surface area contributed by atoms with Crippen molar-refractivity contribution in [3.05, 3.63) is 39.0 Å². The lowest BCUT2D eigenvalue weighted by Crippen LogP contribution is -2.00. The van der Waals surface area contributed by atoms with Crippen molar-refractivity contribution in [3.63, 3.8) is 0 Å². The monoisotopic (exact) mass is 332 g/mol. The normalized spacial score (nSPS) is 10.3. The Morgan fingerprint density at radius 3 is 2.71 bits per heavy atom. The Balaban J connectivity index is 2.35. The number of nitrogens with zero attached hydrogens (tertiary/aromatic N) is 2. The largest absolute Gasteiger partial charge is 0.382 e. The summed E-state index contributed by atoms with van der Waals surface area (Å²) < 4.78 is 0.804. The fraction of sp³-hybridized carbons (Fsp3) is 0. The van der Waals surface area contributed by atoms with Crippen LogP contribution in [0.1, 0.15) is 0 Å². The molecule has 0 saturated heterocycles. The Bertz CT molecular complexity index is 562. The van der Waals surface area contributed by atoms with Crippen molar-refractivity contribution in [1.29, 1.82) is 0 Å². The van der Waals surface area contributed by atoms with E-state index in [4.69, 9.17) is 28.9 Å². The first-order valence-corrected chi connectivity index (χ1v) is 6.11. The molecule has 0 aliphatic rings. The summed E-state index contributed by atoms with van der Waals surface area (Å²) in [7, 11) is 0. The zero-order valence-corrected chi connectivity index (χ0v) is 11.5. The lowest BCUT2D eigenvalue weighted by Gasteiger charge is -2.09. The van der Waals surface area contributed by atoms with Crippen LogP contribution in [0.25, 0.3) is 0 Å². The van der Waals surface area contributed by atoms with Gasteiger partial charge in [-0.25, -0.2) is 9.97 Å². The number of nitrogen functional groups attached to an aromatic ring is 1. The summed E-state index contributed by atoms with van der Waals surface area (Å²) >= 11 is 15.2. The zero-order valence-electron chi connectivity index (χ0n) is 8.42. The number of nitrogens with two attached hydrogens (primary N) is 1. The van der Waals surface area contributed by atoms with Gasteiger partial charge in [-0.2, -0.15) is 0 Å². The topological polar surface area (TPSA) is 63.8 Å². The van der Waals surface area contributed by atoms with Gasteiger partial charge in [-0.05, 0) is 34.1 Å². The predicted molar refractivity (Wildman–Crippen MR) is 73.9 cm³/mol. The van der Waals surface area contributed by atoms with Crippen LogP contribution in [-0.4, -0.2) is 9.97 Å². The van der Waals surface area contributed by atoms with Gasteiger partial charge in [0, 0.05) is 9.50 Å². The van der Waals surface area contributed by atoms with Crippen molar-refractivity contribution in [2.45, 2.75) is 0 Å². The molecule has 0 bridgehead atoms. The summed E-state index contributed by atoms with van der Waals surface area (Å²) in [5.74, 6) is 0.677. The fourth-order valence-corrected chi connectivity index (χ4v) is 2.12. The third-order valence-corrected chi connectivity index (χ3v) is 3.26. The van der Waals surface area contributed by atoms with E-state index in [2.05, 4.69) is 31.2 Å². The van der Waals surface area contributed by atoms with Crippen LogP contribution in [0.4, 0.5) is 17.3 Å². The van der Waals surface area contributed by atoms with E-state index in [9.17, 15) is 0 Å². The molecule has 2 aromatic rings. The number of anilines is 3. The van der Waals surface area contributed by atoms with Gasteiger partial charge in [-0.3, -0.25) is 0 Å². The number of halogens is 3. The Kier molecular flexibility index (Phi) is 3.71. The minimum Gasteiger partial charge on any atom is -0.382 e. The Hall–Kier alpha value is -1.04. The first kappa shape index (κ1) is 12.4. The third kappa shape index (κ3) is 2.80. The van der Waals surface area contributed by atoms with Gasteiger partial charge >= 0.3 is 0 Å². The van der Waals surface area contributed by atoms with E-state index < -0.39 is 0 Å². The molecule has 0 amide bonds. The van der Waals surface area contributed by atoms with Crippen LogP contribution in [0.15, 0.2) is 29.0 Å². The molecular weight excluding hydrogens is 327 g/mol. The average molecular weight is 334 g/mol. The maximum atomic E-state index is 5.97. The Morgan fingerprint density at radius 2 is 2.00 bits per heavy atom. The molecule has 4 nitrogen and oxygen atoms in total. The quantitative estimate of drug-likeness (QED) is 0.875. The molecule has 1 aromatic heterocycles. The van der Waals surface area contributed by atoms with Gasteiger partial charge in [0.2, 0.25) is 0 Å². The standard InChI is InChI=1S/C10H7BrCl2N4/c11-6-3-5(12)1-2-7(6)17-10-8(13)9(14)15-4-16-10/h1-4H,(H3,14,15,16,17). The van der Waals surface area contributed by atoms with E-state index in [0.717, 1.165) is 10.2 Å². The van der Waals surface area contributed by atoms with Crippen LogP contribution in [0.3, 0.4) is 0 Å². The molecule has 0 spiro atoms. The molecule has 0 aliphatic heterocycles. The first-order chi connectivity index (χ1) is 8.08. The summed E-state index contributed by atoms with van der Waals surface area (Å²) in [5, 5.41) is 3.96. The molecule has 17 heavy (non-hydrogen) atoms. The fourth-order valence-electron chi connectivity index (χ4n) is 1.19. The van der Waals surface area contributed by atoms with Crippen LogP contribution < -0.4 is 11.1 Å². The maximum absolute atomic E-state index is 5.97. The predicted octanol–water partition coefficient (Wildman–Crippen LogP) is 3.87. The molecule has 88 valence electrons. The van der Waals surface area contributed by atoms with Crippen LogP contribution in [0, 0.1) is 0 Å². The SMILES string of the molecule is Nc1ncnc(Nc2ccc(Cl)cc2Br)c1Cl. The molecule has 0 radical (unpaired) electrons. The summed E-state index contributed by atoms with van der Waals surface area (Å²) in [6.07, 6.45) is 1.34. The molecule has 3 N–H and O–H groups in total. The van der Waals surface area contributed by atoms with Gasteiger partial charge in [0.05, 0.1) is 5.69 Å². The van der Waals surface area contributed by atoms with Gasteiger partial charge < -0.3 is 11.1 Å². The first-order valence-electron chi connectivity index (χ1n) is 4.56. The van der Waals surface area contributed by atoms with Crippen molar-refractivity contribution in [3.8, 4) is 0 Å². The number of benzene rings is 1. The Morgan fingerprint density at radius 1 is 1.24 bits per heavy atom. The lowest BCUT2D eigenvalue weighted by molar-refractivity contribution is 1.17. The van der Waals surface area contributed by atoms with Crippen LogP contribution in [0.2, 0.25) is 10.0 Å².